The van der Waals surface area contributed by atoms with Crippen LogP contribution in [0.1, 0.15) is 17.1 Å². The molecule has 3 N–H and O–H groups in total. The van der Waals surface area contributed by atoms with Gasteiger partial charge in [0.25, 0.3) is 11.6 Å². The Balaban J connectivity index is 1.84. The van der Waals surface area contributed by atoms with Gasteiger partial charge in [-0.3, -0.25) is 10.1 Å². The van der Waals surface area contributed by atoms with E-state index in [4.69, 9.17) is 21.9 Å². The van der Waals surface area contributed by atoms with Crippen LogP contribution in [-0.4, -0.2) is 26.0 Å². The summed E-state index contributed by atoms with van der Waals surface area (Å²) in [7, 11) is 0. The second kappa shape index (κ2) is 6.84. The van der Waals surface area contributed by atoms with Crippen molar-refractivity contribution < 1.29 is 9.34 Å². The van der Waals surface area contributed by atoms with E-state index in [9.17, 15) is 10.1 Å². The smallest absolute Gasteiger partial charge is 0.280 e. The number of nitrogens with zero attached hydrogens (tertiary/aromatic N) is 5. The van der Waals surface area contributed by atoms with Gasteiger partial charge in [0.2, 0.25) is 0 Å². The third kappa shape index (κ3) is 3.35. The maximum absolute atomic E-state index is 11.3. The normalized spacial score (nSPS) is 11.2. The fourth-order valence-electron chi connectivity index (χ4n) is 2.18. The van der Waals surface area contributed by atoms with Crippen LogP contribution >= 0.6 is 11.6 Å². The third-order valence-electron chi connectivity index (χ3n) is 3.59. The molecular weight excluding hydrogens is 362 g/mol. The fraction of sp³-hybridized carbons (Fsp3) is 0.133. The number of hydrazone groups is 1. The molecule has 0 fully saturated rings. The molecule has 26 heavy (non-hydrogen) atoms. The summed E-state index contributed by atoms with van der Waals surface area (Å²) in [5.74, 6) is 7.14. The number of aryl methyl sites for hydroxylation is 2. The summed E-state index contributed by atoms with van der Waals surface area (Å²) in [6, 6.07) is 6.14. The molecule has 0 amide bonds. The number of hydrogen-bond acceptors (Lipinski definition) is 8. The van der Waals surface area contributed by atoms with Gasteiger partial charge in [-0.15, -0.1) is 10.2 Å². The fourth-order valence-corrected chi connectivity index (χ4v) is 2.34. The number of hydrogen-bond donors (Lipinski definition) is 2. The van der Waals surface area contributed by atoms with Crippen molar-refractivity contribution in [1.82, 2.24) is 14.9 Å². The van der Waals surface area contributed by atoms with Crippen molar-refractivity contribution in [3.05, 3.63) is 56.6 Å². The minimum Gasteiger partial charge on any atom is -0.455 e. The average molecular weight is 376 g/mol. The van der Waals surface area contributed by atoms with E-state index in [1.54, 1.807) is 26.0 Å². The minimum atomic E-state index is -0.479. The molecule has 2 aromatic heterocycles. The molecule has 0 atom stereocenters. The Morgan fingerprint density at radius 2 is 2.15 bits per heavy atom. The number of aromatic nitrogens is 3. The highest BCUT2D eigenvalue weighted by molar-refractivity contribution is 6.31. The van der Waals surface area contributed by atoms with E-state index in [2.05, 4.69) is 20.7 Å². The van der Waals surface area contributed by atoms with Gasteiger partial charge in [0.15, 0.2) is 5.82 Å². The van der Waals surface area contributed by atoms with E-state index in [-0.39, 0.29) is 17.2 Å². The Morgan fingerprint density at radius 3 is 2.81 bits per heavy atom. The second-order valence-corrected chi connectivity index (χ2v) is 5.80. The number of nitrogen functional groups attached to an aromatic ring is 1. The largest absolute Gasteiger partial charge is 0.455 e. The van der Waals surface area contributed by atoms with Crippen LogP contribution in [0.15, 0.2) is 33.8 Å². The van der Waals surface area contributed by atoms with Crippen LogP contribution in [0.3, 0.4) is 0 Å². The van der Waals surface area contributed by atoms with E-state index >= 15 is 0 Å². The number of rotatable bonds is 5. The highest BCUT2D eigenvalue weighted by Gasteiger charge is 2.20. The monoisotopic (exact) mass is 375 g/mol. The van der Waals surface area contributed by atoms with Gasteiger partial charge >= 0.3 is 0 Å². The molecule has 3 aromatic rings. The first-order chi connectivity index (χ1) is 12.4. The number of nitrogens with two attached hydrogens (primary N) is 1. The summed E-state index contributed by atoms with van der Waals surface area (Å²) in [5, 5.41) is 23.2. The molecule has 0 bridgehead atoms. The molecule has 2 heterocycles. The molecule has 1 aromatic carbocycles. The van der Waals surface area contributed by atoms with E-state index in [1.165, 1.54) is 23.0 Å². The number of halogens is 1. The summed E-state index contributed by atoms with van der Waals surface area (Å²) < 4.78 is 6.84. The lowest BCUT2D eigenvalue weighted by Gasteiger charge is -2.03. The quantitative estimate of drug-likeness (QED) is 0.302. The van der Waals surface area contributed by atoms with Crippen molar-refractivity contribution in [3.63, 3.8) is 0 Å². The molecule has 0 saturated carbocycles. The standard InChI is InChI=1S/C15H14ClN7O3/c1-8-5-13(23(24)25)11(6-12(8)16)14-4-3-10(26-14)7-18-20-15-21-19-9(2)22(15)17/h3-7H,17H2,1-2H3,(H,20,21)/b18-7-. The zero-order valence-corrected chi connectivity index (χ0v) is 14.6. The Bertz CT molecular complexity index is 1010. The maximum atomic E-state index is 11.3. The first-order valence-corrected chi connectivity index (χ1v) is 7.75. The molecule has 0 aliphatic carbocycles. The van der Waals surface area contributed by atoms with Crippen molar-refractivity contribution >= 4 is 29.5 Å². The molecule has 0 unspecified atom stereocenters. The minimum absolute atomic E-state index is 0.0884. The molecular formula is C15H14ClN7O3. The van der Waals surface area contributed by atoms with Crippen LogP contribution in [0.25, 0.3) is 11.3 Å². The Labute approximate surface area is 152 Å². The van der Waals surface area contributed by atoms with Crippen LogP contribution in [0, 0.1) is 24.0 Å². The Hall–Kier alpha value is -3.40. The topological polar surface area (TPSA) is 137 Å². The summed E-state index contributed by atoms with van der Waals surface area (Å²) in [5.41, 5.74) is 3.43. The Kier molecular flexibility index (Phi) is 4.59. The molecule has 134 valence electrons. The van der Waals surface area contributed by atoms with Gasteiger partial charge in [-0.1, -0.05) is 11.6 Å². The van der Waals surface area contributed by atoms with Gasteiger partial charge in [-0.2, -0.15) is 5.10 Å². The number of furan rings is 1. The Morgan fingerprint density at radius 1 is 1.38 bits per heavy atom. The van der Waals surface area contributed by atoms with Crippen molar-refractivity contribution in [1.29, 1.82) is 0 Å². The van der Waals surface area contributed by atoms with Crippen LogP contribution in [0.2, 0.25) is 5.02 Å². The van der Waals surface area contributed by atoms with E-state index in [0.717, 1.165) is 0 Å². The number of nitrogens with one attached hydrogen (secondary N) is 1. The maximum Gasteiger partial charge on any atom is 0.280 e. The number of nitro groups is 1. The molecule has 0 aliphatic heterocycles. The highest BCUT2D eigenvalue weighted by atomic mass is 35.5. The van der Waals surface area contributed by atoms with Gasteiger partial charge in [0, 0.05) is 11.1 Å². The van der Waals surface area contributed by atoms with Gasteiger partial charge in [0.1, 0.15) is 11.5 Å². The molecule has 0 spiro atoms. The SMILES string of the molecule is Cc1cc([N+](=O)[O-])c(-c2ccc(/C=N\Nc3nnc(C)n3N)o2)cc1Cl. The molecule has 11 heteroatoms. The summed E-state index contributed by atoms with van der Waals surface area (Å²) >= 11 is 6.09. The highest BCUT2D eigenvalue weighted by Crippen LogP contribution is 2.35. The van der Waals surface area contributed by atoms with Crippen molar-refractivity contribution in [2.45, 2.75) is 13.8 Å². The number of nitro benzene ring substituents is 1. The molecule has 0 radical (unpaired) electrons. The molecule has 0 saturated heterocycles. The van der Waals surface area contributed by atoms with Gasteiger partial charge in [0.05, 0.1) is 16.7 Å². The third-order valence-corrected chi connectivity index (χ3v) is 4.00. The zero-order valence-electron chi connectivity index (χ0n) is 13.8. The van der Waals surface area contributed by atoms with Crippen molar-refractivity contribution in [2.24, 2.45) is 5.10 Å². The van der Waals surface area contributed by atoms with E-state index in [1.807, 2.05) is 0 Å². The van der Waals surface area contributed by atoms with Gasteiger partial charge in [-0.25, -0.2) is 10.1 Å². The van der Waals surface area contributed by atoms with Crippen LogP contribution in [-0.2, 0) is 0 Å². The molecule has 0 aliphatic rings. The zero-order chi connectivity index (χ0) is 18.8. The first kappa shape index (κ1) is 17.4. The lowest BCUT2D eigenvalue weighted by Crippen LogP contribution is -2.13. The van der Waals surface area contributed by atoms with Crippen LogP contribution < -0.4 is 11.3 Å². The van der Waals surface area contributed by atoms with Crippen molar-refractivity contribution in [2.75, 3.05) is 11.3 Å². The van der Waals surface area contributed by atoms with E-state index in [0.29, 0.717) is 27.9 Å². The summed E-state index contributed by atoms with van der Waals surface area (Å²) in [6.45, 7) is 3.39. The second-order valence-electron chi connectivity index (χ2n) is 5.39. The predicted molar refractivity (Wildman–Crippen MR) is 96.7 cm³/mol. The van der Waals surface area contributed by atoms with Gasteiger partial charge < -0.3 is 10.3 Å². The first-order valence-electron chi connectivity index (χ1n) is 7.37. The molecule has 10 nitrogen and oxygen atoms in total. The molecule has 3 rings (SSSR count). The number of anilines is 1. The lowest BCUT2D eigenvalue weighted by molar-refractivity contribution is -0.384. The summed E-state index contributed by atoms with van der Waals surface area (Å²) in [6.07, 6.45) is 1.38. The van der Waals surface area contributed by atoms with Crippen LogP contribution in [0.4, 0.5) is 11.6 Å². The predicted octanol–water partition coefficient (Wildman–Crippen LogP) is 2.88. The summed E-state index contributed by atoms with van der Waals surface area (Å²) in [4.78, 5) is 10.8. The van der Waals surface area contributed by atoms with Crippen LogP contribution in [0.5, 0.6) is 0 Å². The number of benzene rings is 1. The van der Waals surface area contributed by atoms with Gasteiger partial charge in [-0.05, 0) is 37.6 Å². The average Bonchev–Trinajstić information content (AvgIpc) is 3.19. The van der Waals surface area contributed by atoms with Crippen molar-refractivity contribution in [3.8, 4) is 11.3 Å². The van der Waals surface area contributed by atoms with E-state index < -0.39 is 4.92 Å². The lowest BCUT2D eigenvalue weighted by atomic mass is 10.1.